The predicted molar refractivity (Wildman–Crippen MR) is 56.2 cm³/mol. The van der Waals surface area contributed by atoms with E-state index in [1.54, 1.807) is 6.92 Å². The molecular weight excluding hydrogens is 216 g/mol. The largest absolute Gasteiger partial charge is 0.480 e. The first-order valence-corrected chi connectivity index (χ1v) is 5.14. The highest BCUT2D eigenvalue weighted by molar-refractivity contribution is 7.13. The van der Waals surface area contributed by atoms with Gasteiger partial charge in [0.25, 0.3) is 5.91 Å². The van der Waals surface area contributed by atoms with Gasteiger partial charge in [-0.1, -0.05) is 0 Å². The number of amides is 1. The van der Waals surface area contributed by atoms with Crippen LogP contribution in [0.2, 0.25) is 0 Å². The van der Waals surface area contributed by atoms with Gasteiger partial charge in [-0.15, -0.1) is 11.3 Å². The van der Waals surface area contributed by atoms with Crippen LogP contribution in [0, 0.1) is 13.8 Å². The molecule has 1 rings (SSSR count). The summed E-state index contributed by atoms with van der Waals surface area (Å²) < 4.78 is 0. The molecule has 0 spiro atoms. The number of thiazole rings is 1. The van der Waals surface area contributed by atoms with Crippen LogP contribution in [0.15, 0.2) is 0 Å². The van der Waals surface area contributed by atoms with Crippen molar-refractivity contribution in [2.24, 2.45) is 0 Å². The Kier molecular flexibility index (Phi) is 3.41. The van der Waals surface area contributed by atoms with Gasteiger partial charge in [-0.2, -0.15) is 0 Å². The molecule has 0 saturated carbocycles. The van der Waals surface area contributed by atoms with Crippen LogP contribution in [0.3, 0.4) is 0 Å². The molecule has 0 saturated heterocycles. The van der Waals surface area contributed by atoms with Crippen LogP contribution in [0.4, 0.5) is 0 Å². The van der Waals surface area contributed by atoms with Crippen LogP contribution >= 0.6 is 11.3 Å². The van der Waals surface area contributed by atoms with Gasteiger partial charge in [0.2, 0.25) is 0 Å². The van der Waals surface area contributed by atoms with Crippen molar-refractivity contribution in [3.8, 4) is 0 Å². The molecule has 1 aromatic heterocycles. The van der Waals surface area contributed by atoms with Gasteiger partial charge in [0.05, 0.1) is 10.7 Å². The number of hydrogen-bond acceptors (Lipinski definition) is 4. The van der Waals surface area contributed by atoms with E-state index in [1.165, 1.54) is 23.3 Å². The fourth-order valence-electron chi connectivity index (χ4n) is 1.18. The van der Waals surface area contributed by atoms with Gasteiger partial charge in [-0.25, -0.2) is 4.98 Å². The molecule has 1 N–H and O–H groups in total. The standard InChI is InChI=1S/C9H12N2O3S/c1-5-8(15-6(2)10-5)9(14)11(3)4-7(12)13/h4H2,1-3H3,(H,12,13). The minimum Gasteiger partial charge on any atom is -0.480 e. The van der Waals surface area contributed by atoms with Gasteiger partial charge >= 0.3 is 5.97 Å². The first-order valence-electron chi connectivity index (χ1n) is 4.33. The van der Waals surface area contributed by atoms with Gasteiger partial charge < -0.3 is 10.0 Å². The quantitative estimate of drug-likeness (QED) is 0.835. The van der Waals surface area contributed by atoms with E-state index in [0.29, 0.717) is 10.6 Å². The van der Waals surface area contributed by atoms with E-state index in [4.69, 9.17) is 5.11 Å². The molecule has 15 heavy (non-hydrogen) atoms. The summed E-state index contributed by atoms with van der Waals surface area (Å²) in [5.41, 5.74) is 0.653. The van der Waals surface area contributed by atoms with Gasteiger partial charge in [0.15, 0.2) is 0 Å². The highest BCUT2D eigenvalue weighted by atomic mass is 32.1. The van der Waals surface area contributed by atoms with Crippen molar-refractivity contribution in [3.63, 3.8) is 0 Å². The SMILES string of the molecule is Cc1nc(C)c(C(=O)N(C)CC(=O)O)s1. The molecule has 0 fully saturated rings. The van der Waals surface area contributed by atoms with Crippen molar-refractivity contribution in [1.82, 2.24) is 9.88 Å². The smallest absolute Gasteiger partial charge is 0.323 e. The maximum absolute atomic E-state index is 11.7. The van der Waals surface area contributed by atoms with Gasteiger partial charge in [-0.3, -0.25) is 9.59 Å². The average Bonchev–Trinajstić information content (AvgIpc) is 2.42. The number of hydrogen-bond donors (Lipinski definition) is 1. The number of aromatic nitrogens is 1. The summed E-state index contributed by atoms with van der Waals surface area (Å²) in [5.74, 6) is -1.31. The minimum absolute atomic E-state index is 0.291. The molecule has 82 valence electrons. The minimum atomic E-state index is -1.02. The summed E-state index contributed by atoms with van der Waals surface area (Å²) >= 11 is 1.28. The Hall–Kier alpha value is -1.43. The second kappa shape index (κ2) is 4.39. The molecule has 0 bridgehead atoms. The van der Waals surface area contributed by atoms with E-state index in [1.807, 2.05) is 6.92 Å². The number of carbonyl (C=O) groups is 2. The molecule has 0 aliphatic rings. The van der Waals surface area contributed by atoms with Crippen molar-refractivity contribution in [2.75, 3.05) is 13.6 Å². The molecule has 5 nitrogen and oxygen atoms in total. The van der Waals surface area contributed by atoms with Crippen LogP contribution in [0.1, 0.15) is 20.4 Å². The molecule has 0 unspecified atom stereocenters. The molecule has 1 amide bonds. The lowest BCUT2D eigenvalue weighted by atomic mass is 10.3. The number of carboxylic acids is 1. The molecule has 0 radical (unpaired) electrons. The Morgan fingerprint density at radius 3 is 2.47 bits per heavy atom. The number of aliphatic carboxylic acids is 1. The van der Waals surface area contributed by atoms with Gasteiger partial charge in [0, 0.05) is 7.05 Å². The van der Waals surface area contributed by atoms with Crippen molar-refractivity contribution < 1.29 is 14.7 Å². The van der Waals surface area contributed by atoms with E-state index in [9.17, 15) is 9.59 Å². The summed E-state index contributed by atoms with van der Waals surface area (Å²) in [5, 5.41) is 9.35. The Morgan fingerprint density at radius 1 is 1.47 bits per heavy atom. The first kappa shape index (κ1) is 11.6. The molecule has 0 aliphatic carbocycles. The number of carboxylic acid groups (broad SMARTS) is 1. The number of aryl methyl sites for hydroxylation is 2. The second-order valence-corrected chi connectivity index (χ2v) is 4.41. The maximum atomic E-state index is 11.7. The fourth-order valence-corrected chi connectivity index (χ4v) is 2.09. The number of carbonyl (C=O) groups excluding carboxylic acids is 1. The topological polar surface area (TPSA) is 70.5 Å². The summed E-state index contributed by atoms with van der Waals surface area (Å²) in [7, 11) is 1.46. The van der Waals surface area contributed by atoms with Crippen LogP contribution in [0.25, 0.3) is 0 Å². The fraction of sp³-hybridized carbons (Fsp3) is 0.444. The van der Waals surface area contributed by atoms with Crippen molar-refractivity contribution in [3.05, 3.63) is 15.6 Å². The van der Waals surface area contributed by atoms with Crippen molar-refractivity contribution in [1.29, 1.82) is 0 Å². The zero-order chi connectivity index (χ0) is 11.6. The summed E-state index contributed by atoms with van der Waals surface area (Å²) in [6.45, 7) is 3.26. The lowest BCUT2D eigenvalue weighted by molar-refractivity contribution is -0.137. The summed E-state index contributed by atoms with van der Waals surface area (Å²) in [4.78, 5) is 28.0. The van der Waals surface area contributed by atoms with E-state index in [2.05, 4.69) is 4.98 Å². The molecular formula is C9H12N2O3S. The molecule has 1 heterocycles. The van der Waals surface area contributed by atoms with E-state index >= 15 is 0 Å². The van der Waals surface area contributed by atoms with Crippen molar-refractivity contribution >= 4 is 23.2 Å². The lowest BCUT2D eigenvalue weighted by Gasteiger charge is -2.13. The van der Waals surface area contributed by atoms with Crippen LogP contribution < -0.4 is 0 Å². The Morgan fingerprint density at radius 2 is 2.07 bits per heavy atom. The highest BCUT2D eigenvalue weighted by Gasteiger charge is 2.19. The normalized spacial score (nSPS) is 10.1. The lowest BCUT2D eigenvalue weighted by Crippen LogP contribution is -2.31. The number of likely N-dealkylation sites (N-methyl/N-ethyl adjacent to an activating group) is 1. The molecule has 0 atom stereocenters. The zero-order valence-corrected chi connectivity index (χ0v) is 9.59. The zero-order valence-electron chi connectivity index (χ0n) is 8.77. The maximum Gasteiger partial charge on any atom is 0.323 e. The Labute approximate surface area is 91.4 Å². The predicted octanol–water partition coefficient (Wildman–Crippen LogP) is 0.917. The molecule has 0 aromatic carbocycles. The monoisotopic (exact) mass is 228 g/mol. The van der Waals surface area contributed by atoms with E-state index < -0.39 is 5.97 Å². The van der Waals surface area contributed by atoms with Crippen LogP contribution in [-0.4, -0.2) is 40.5 Å². The summed E-state index contributed by atoms with van der Waals surface area (Å²) in [6.07, 6.45) is 0. The summed E-state index contributed by atoms with van der Waals surface area (Å²) in [6, 6.07) is 0. The third-order valence-corrected chi connectivity index (χ3v) is 2.88. The van der Waals surface area contributed by atoms with Gasteiger partial charge in [-0.05, 0) is 13.8 Å². The van der Waals surface area contributed by atoms with E-state index in [0.717, 1.165) is 5.01 Å². The molecule has 1 aromatic rings. The highest BCUT2D eigenvalue weighted by Crippen LogP contribution is 2.18. The molecule has 0 aliphatic heterocycles. The van der Waals surface area contributed by atoms with Crippen LogP contribution in [-0.2, 0) is 4.79 Å². The van der Waals surface area contributed by atoms with Crippen LogP contribution in [0.5, 0.6) is 0 Å². The third-order valence-electron chi connectivity index (χ3n) is 1.82. The average molecular weight is 228 g/mol. The number of nitrogens with zero attached hydrogens (tertiary/aromatic N) is 2. The molecule has 6 heteroatoms. The third kappa shape index (κ3) is 2.76. The van der Waals surface area contributed by atoms with Crippen molar-refractivity contribution in [2.45, 2.75) is 13.8 Å². The second-order valence-electron chi connectivity index (χ2n) is 3.20. The van der Waals surface area contributed by atoms with E-state index in [-0.39, 0.29) is 12.5 Å². The Balaban J connectivity index is 2.84. The number of rotatable bonds is 3. The van der Waals surface area contributed by atoms with Gasteiger partial charge in [0.1, 0.15) is 11.4 Å². The first-order chi connectivity index (χ1) is 6.91. The Bertz CT molecular complexity index is 400.